The molecule has 0 fully saturated rings. The van der Waals surface area contributed by atoms with Crippen LogP contribution in [0.25, 0.3) is 105 Å². The van der Waals surface area contributed by atoms with Gasteiger partial charge in [0.15, 0.2) is 0 Å². The summed E-state index contributed by atoms with van der Waals surface area (Å²) in [6.07, 6.45) is 0. The Balaban J connectivity index is 1.00. The molecular weight excluding hydrogens is 831 g/mol. The van der Waals surface area contributed by atoms with Crippen LogP contribution in [0, 0.1) is 0 Å². The van der Waals surface area contributed by atoms with Crippen LogP contribution in [0.4, 0.5) is 17.1 Å². The summed E-state index contributed by atoms with van der Waals surface area (Å²) in [5.41, 5.74) is 13.1. The van der Waals surface area contributed by atoms with Crippen LogP contribution in [-0.2, 0) is 0 Å². The molecule has 0 N–H and O–H groups in total. The first-order valence-corrected chi connectivity index (χ1v) is 24.1. The van der Waals surface area contributed by atoms with E-state index in [-0.39, 0.29) is 0 Å². The lowest BCUT2D eigenvalue weighted by Crippen LogP contribution is -2.10. The summed E-state index contributed by atoms with van der Waals surface area (Å²) in [6.45, 7) is 0. The quantitative estimate of drug-likeness (QED) is 0.154. The molecule has 4 heteroatoms. The minimum Gasteiger partial charge on any atom is -0.309 e. The summed E-state index contributed by atoms with van der Waals surface area (Å²) in [5, 5.41) is 7.81. The van der Waals surface area contributed by atoms with Gasteiger partial charge in [0.2, 0.25) is 0 Å². The average molecular weight is 868 g/mol. The summed E-state index contributed by atoms with van der Waals surface area (Å²) in [7, 11) is 0. The van der Waals surface area contributed by atoms with E-state index < -0.39 is 0 Å². The molecule has 13 rings (SSSR count). The van der Waals surface area contributed by atoms with Crippen LogP contribution in [0.5, 0.6) is 0 Å². The van der Waals surface area contributed by atoms with E-state index in [9.17, 15) is 0 Å². The lowest BCUT2D eigenvalue weighted by Gasteiger charge is -2.27. The van der Waals surface area contributed by atoms with Crippen LogP contribution in [0.1, 0.15) is 0 Å². The first-order chi connectivity index (χ1) is 31.7. The van der Waals surface area contributed by atoms with Gasteiger partial charge in [-0.25, -0.2) is 0 Å². The summed E-state index contributed by atoms with van der Waals surface area (Å²) in [4.78, 5) is 2.48. The molecule has 1 nitrogen and oxygen atoms in total. The summed E-state index contributed by atoms with van der Waals surface area (Å²) in [6, 6.07) is 83.0. The molecule has 0 bridgehead atoms. The number of benzene rings is 10. The fourth-order valence-electron chi connectivity index (χ4n) is 9.53. The van der Waals surface area contributed by atoms with Crippen molar-refractivity contribution >= 4 is 112 Å². The lowest BCUT2D eigenvalue weighted by atomic mass is 9.98. The Hall–Kier alpha value is -7.34. The number of hydrogen-bond donors (Lipinski definition) is 0. The monoisotopic (exact) mass is 867 g/mol. The maximum atomic E-state index is 2.48. The van der Waals surface area contributed by atoms with Crippen LogP contribution in [0.3, 0.4) is 0 Å². The molecule has 0 spiro atoms. The number of thiophene rings is 3. The van der Waals surface area contributed by atoms with Gasteiger partial charge >= 0.3 is 0 Å². The largest absolute Gasteiger partial charge is 0.309 e. The van der Waals surface area contributed by atoms with Crippen molar-refractivity contribution in [2.45, 2.75) is 0 Å². The Morgan fingerprint density at radius 2 is 0.703 bits per heavy atom. The second-order valence-electron chi connectivity index (χ2n) is 16.4. The Morgan fingerprint density at radius 1 is 0.250 bits per heavy atom. The van der Waals surface area contributed by atoms with E-state index >= 15 is 0 Å². The molecule has 0 aliphatic rings. The standard InChI is InChI=1S/C60H37NS3/c1-3-12-38(13-4-1)44-36-53-50-19-11-18-47(41-14-5-2-6-15-41)59(50)64-60(53)54(37-44)61(45-28-22-39(23-29-45)42-26-32-57-51(34-42)48-16-7-9-20-55(48)62-57)46-30-24-40(25-31-46)43-27-33-58-52(35-43)49-17-8-10-21-56(49)63-58/h1-37H. The maximum Gasteiger partial charge on any atom is 0.0646 e. The first-order valence-electron chi connectivity index (χ1n) is 21.6. The van der Waals surface area contributed by atoms with E-state index in [1.807, 2.05) is 34.0 Å². The van der Waals surface area contributed by atoms with Gasteiger partial charge < -0.3 is 4.90 Å². The van der Waals surface area contributed by atoms with Crippen molar-refractivity contribution in [3.8, 4) is 44.5 Å². The normalized spacial score (nSPS) is 11.8. The SMILES string of the molecule is c1ccc(-c2cc(N(c3ccc(-c4ccc5sc6ccccc6c5c4)cc3)c3ccc(-c4ccc5sc6ccccc6c5c4)cc3)c3sc4c(-c5ccccc5)cccc4c3c2)cc1. The van der Waals surface area contributed by atoms with Gasteiger partial charge in [-0.2, -0.15) is 0 Å². The zero-order valence-electron chi connectivity index (χ0n) is 34.5. The number of rotatable bonds is 7. The molecule has 0 atom stereocenters. The van der Waals surface area contributed by atoms with E-state index in [1.165, 1.54) is 105 Å². The molecule has 0 aliphatic carbocycles. The summed E-state index contributed by atoms with van der Waals surface area (Å²) in [5.74, 6) is 0. The number of fused-ring (bicyclic) bond motifs is 9. The average Bonchev–Trinajstić information content (AvgIpc) is 4.06. The van der Waals surface area contributed by atoms with Gasteiger partial charge in [0.1, 0.15) is 0 Å². The zero-order chi connectivity index (χ0) is 42.1. The molecule has 0 amide bonds. The van der Waals surface area contributed by atoms with Gasteiger partial charge in [0, 0.05) is 67.2 Å². The fraction of sp³-hybridized carbons (Fsp3) is 0. The van der Waals surface area contributed by atoms with Crippen LogP contribution in [0.15, 0.2) is 224 Å². The molecular formula is C60H37NS3. The zero-order valence-corrected chi connectivity index (χ0v) is 37.0. The highest BCUT2D eigenvalue weighted by molar-refractivity contribution is 7.27. The smallest absolute Gasteiger partial charge is 0.0646 e. The molecule has 0 unspecified atom stereocenters. The Morgan fingerprint density at radius 3 is 1.28 bits per heavy atom. The van der Waals surface area contributed by atoms with E-state index in [4.69, 9.17) is 0 Å². The molecule has 13 aromatic rings. The van der Waals surface area contributed by atoms with Gasteiger partial charge in [0.25, 0.3) is 0 Å². The van der Waals surface area contributed by atoms with Crippen molar-refractivity contribution < 1.29 is 0 Å². The van der Waals surface area contributed by atoms with E-state index in [2.05, 4.69) is 229 Å². The third kappa shape index (κ3) is 6.25. The van der Waals surface area contributed by atoms with Gasteiger partial charge in [-0.15, -0.1) is 34.0 Å². The molecule has 64 heavy (non-hydrogen) atoms. The van der Waals surface area contributed by atoms with E-state index in [0.717, 1.165) is 17.1 Å². The Bertz CT molecular complexity index is 3720. The van der Waals surface area contributed by atoms with Crippen LogP contribution in [-0.4, -0.2) is 0 Å². The predicted octanol–water partition coefficient (Wildman–Crippen LogP) is 18.9. The number of nitrogens with zero attached hydrogens (tertiary/aromatic N) is 1. The maximum absolute atomic E-state index is 2.48. The molecule has 3 heterocycles. The highest BCUT2D eigenvalue weighted by atomic mass is 32.1. The third-order valence-corrected chi connectivity index (χ3v) is 16.3. The lowest BCUT2D eigenvalue weighted by molar-refractivity contribution is 1.30. The van der Waals surface area contributed by atoms with Crippen molar-refractivity contribution in [1.82, 2.24) is 0 Å². The molecule has 0 radical (unpaired) electrons. The van der Waals surface area contributed by atoms with Crippen molar-refractivity contribution in [3.63, 3.8) is 0 Å². The number of hydrogen-bond acceptors (Lipinski definition) is 4. The van der Waals surface area contributed by atoms with Crippen LogP contribution >= 0.6 is 34.0 Å². The molecule has 0 aliphatic heterocycles. The summed E-state index contributed by atoms with van der Waals surface area (Å²) >= 11 is 5.62. The van der Waals surface area contributed by atoms with E-state index in [0.29, 0.717) is 0 Å². The molecule has 3 aromatic heterocycles. The van der Waals surface area contributed by atoms with Gasteiger partial charge in [-0.1, -0.05) is 152 Å². The minimum absolute atomic E-state index is 1.11. The minimum atomic E-state index is 1.11. The highest BCUT2D eigenvalue weighted by Gasteiger charge is 2.22. The van der Waals surface area contributed by atoms with Crippen molar-refractivity contribution in [3.05, 3.63) is 224 Å². The van der Waals surface area contributed by atoms with Gasteiger partial charge in [-0.3, -0.25) is 0 Å². The molecule has 0 saturated carbocycles. The summed E-state index contributed by atoms with van der Waals surface area (Å²) < 4.78 is 7.85. The van der Waals surface area contributed by atoms with Crippen molar-refractivity contribution in [2.75, 3.05) is 4.90 Å². The second-order valence-corrected chi connectivity index (χ2v) is 19.6. The fourth-order valence-corrected chi connectivity index (χ4v) is 13.0. The second kappa shape index (κ2) is 15.2. The first kappa shape index (κ1) is 37.2. The van der Waals surface area contributed by atoms with Gasteiger partial charge in [-0.05, 0) is 117 Å². The Labute approximate surface area is 383 Å². The predicted molar refractivity (Wildman–Crippen MR) is 282 cm³/mol. The van der Waals surface area contributed by atoms with Crippen LogP contribution < -0.4 is 4.90 Å². The molecule has 0 saturated heterocycles. The Kier molecular flexibility index (Phi) is 8.83. The molecule has 300 valence electrons. The van der Waals surface area contributed by atoms with Crippen LogP contribution in [0.2, 0.25) is 0 Å². The van der Waals surface area contributed by atoms with E-state index in [1.54, 1.807) is 0 Å². The topological polar surface area (TPSA) is 3.24 Å². The van der Waals surface area contributed by atoms with Crippen molar-refractivity contribution in [1.29, 1.82) is 0 Å². The van der Waals surface area contributed by atoms with Gasteiger partial charge in [0.05, 0.1) is 10.4 Å². The third-order valence-electron chi connectivity index (χ3n) is 12.7. The van der Waals surface area contributed by atoms with Crippen molar-refractivity contribution in [2.24, 2.45) is 0 Å². The highest BCUT2D eigenvalue weighted by Crippen LogP contribution is 2.49. The molecule has 10 aromatic carbocycles. The number of anilines is 3.